The molecule has 1 N–H and O–H groups in total. The largest absolute Gasteiger partial charge is 0.345 e. The summed E-state index contributed by atoms with van der Waals surface area (Å²) in [7, 11) is 1.91. The Kier molecular flexibility index (Phi) is 8.23. The van der Waals surface area contributed by atoms with Crippen LogP contribution in [0.1, 0.15) is 61.0 Å². The van der Waals surface area contributed by atoms with E-state index in [-0.39, 0.29) is 17.9 Å². The maximum absolute atomic E-state index is 12.9. The van der Waals surface area contributed by atoms with Gasteiger partial charge in [-0.25, -0.2) is 0 Å². The fourth-order valence-electron chi connectivity index (χ4n) is 3.87. The number of hydrogen-bond donors (Lipinski definition) is 1. The van der Waals surface area contributed by atoms with Crippen molar-refractivity contribution in [3.05, 3.63) is 64.7 Å². The smallest absolute Gasteiger partial charge is 0.252 e. The van der Waals surface area contributed by atoms with E-state index < -0.39 is 0 Å². The summed E-state index contributed by atoms with van der Waals surface area (Å²) in [5, 5.41) is 3.65. The summed E-state index contributed by atoms with van der Waals surface area (Å²) in [6.45, 7) is 1.91. The molecule has 2 amide bonds. The lowest BCUT2D eigenvalue weighted by atomic mass is 9.94. The lowest BCUT2D eigenvalue weighted by molar-refractivity contribution is -0.129. The highest BCUT2D eigenvalue weighted by molar-refractivity contribution is 8.00. The summed E-state index contributed by atoms with van der Waals surface area (Å²) in [6.07, 6.45) is 5.84. The van der Waals surface area contributed by atoms with E-state index in [0.29, 0.717) is 22.4 Å². The number of hydrogen-bond acceptors (Lipinski definition) is 3. The van der Waals surface area contributed by atoms with E-state index in [9.17, 15) is 9.59 Å². The van der Waals surface area contributed by atoms with Crippen LogP contribution in [0.15, 0.2) is 53.4 Å². The molecule has 2 aromatic carbocycles. The second-order valence-corrected chi connectivity index (χ2v) is 9.22. The number of carbonyl (C=O) groups is 2. The van der Waals surface area contributed by atoms with Crippen molar-refractivity contribution in [1.82, 2.24) is 10.2 Å². The molecular weight excluding hydrogens is 416 g/mol. The van der Waals surface area contributed by atoms with E-state index in [1.165, 1.54) is 31.0 Å². The van der Waals surface area contributed by atoms with Crippen LogP contribution in [0.4, 0.5) is 0 Å². The number of carbonyl (C=O) groups excluding carboxylic acids is 2. The Balaban J connectivity index is 1.63. The third kappa shape index (κ3) is 5.79. The van der Waals surface area contributed by atoms with Crippen LogP contribution in [0.25, 0.3) is 0 Å². The molecule has 1 aliphatic carbocycles. The number of nitrogens with zero attached hydrogens (tertiary/aromatic N) is 1. The van der Waals surface area contributed by atoms with Crippen LogP contribution < -0.4 is 5.32 Å². The SMILES string of the molecule is CC(NC(=O)c1ccccc1SCC(=O)N(C)C1CCCCC1)c1ccccc1Cl. The average Bonchev–Trinajstić information content (AvgIpc) is 2.77. The van der Waals surface area contributed by atoms with E-state index in [1.807, 2.05) is 61.3 Å². The third-order valence-electron chi connectivity index (χ3n) is 5.72. The van der Waals surface area contributed by atoms with Crippen molar-refractivity contribution in [3.63, 3.8) is 0 Å². The van der Waals surface area contributed by atoms with Crippen LogP contribution in [0, 0.1) is 0 Å². The van der Waals surface area contributed by atoms with Crippen LogP contribution >= 0.6 is 23.4 Å². The lowest BCUT2D eigenvalue weighted by Gasteiger charge is -2.31. The minimum absolute atomic E-state index is 0.117. The molecule has 0 aliphatic heterocycles. The molecule has 3 rings (SSSR count). The molecule has 0 spiro atoms. The van der Waals surface area contributed by atoms with Gasteiger partial charge in [-0.2, -0.15) is 0 Å². The van der Waals surface area contributed by atoms with Crippen LogP contribution in [0.5, 0.6) is 0 Å². The first-order chi connectivity index (χ1) is 14.5. The van der Waals surface area contributed by atoms with Crippen molar-refractivity contribution >= 4 is 35.2 Å². The van der Waals surface area contributed by atoms with Crippen molar-refractivity contribution in [3.8, 4) is 0 Å². The number of benzene rings is 2. The average molecular weight is 445 g/mol. The van der Waals surface area contributed by atoms with Crippen molar-refractivity contribution in [2.24, 2.45) is 0 Å². The van der Waals surface area contributed by atoms with Gasteiger partial charge in [-0.1, -0.05) is 61.2 Å². The number of nitrogens with one attached hydrogen (secondary N) is 1. The molecular formula is C24H29ClN2O2S. The molecule has 1 saturated carbocycles. The molecule has 30 heavy (non-hydrogen) atoms. The summed E-state index contributed by atoms with van der Waals surface area (Å²) in [5.41, 5.74) is 1.46. The molecule has 6 heteroatoms. The molecule has 1 atom stereocenters. The topological polar surface area (TPSA) is 49.4 Å². The van der Waals surface area contributed by atoms with Gasteiger partial charge in [0, 0.05) is 23.0 Å². The van der Waals surface area contributed by atoms with E-state index in [4.69, 9.17) is 11.6 Å². The predicted octanol–water partition coefficient (Wildman–Crippen LogP) is 5.71. The first kappa shape index (κ1) is 22.7. The minimum atomic E-state index is -0.219. The van der Waals surface area contributed by atoms with Crippen LogP contribution in [-0.2, 0) is 4.79 Å². The number of thioether (sulfide) groups is 1. The van der Waals surface area contributed by atoms with Gasteiger partial charge in [0.2, 0.25) is 5.91 Å². The van der Waals surface area contributed by atoms with Gasteiger partial charge < -0.3 is 10.2 Å². The fourth-order valence-corrected chi connectivity index (χ4v) is 5.14. The zero-order valence-electron chi connectivity index (χ0n) is 17.6. The summed E-state index contributed by atoms with van der Waals surface area (Å²) in [4.78, 5) is 28.3. The van der Waals surface area contributed by atoms with Crippen molar-refractivity contribution in [2.45, 2.75) is 56.0 Å². The zero-order valence-corrected chi connectivity index (χ0v) is 19.1. The van der Waals surface area contributed by atoms with Gasteiger partial charge >= 0.3 is 0 Å². The lowest BCUT2D eigenvalue weighted by Crippen LogP contribution is -2.39. The second kappa shape index (κ2) is 10.9. The van der Waals surface area contributed by atoms with E-state index >= 15 is 0 Å². The van der Waals surface area contributed by atoms with E-state index in [0.717, 1.165) is 23.3 Å². The van der Waals surface area contributed by atoms with Gasteiger partial charge in [0.05, 0.1) is 17.4 Å². The molecule has 160 valence electrons. The maximum Gasteiger partial charge on any atom is 0.252 e. The minimum Gasteiger partial charge on any atom is -0.345 e. The number of halogens is 1. The summed E-state index contributed by atoms with van der Waals surface area (Å²) in [6, 6.07) is 15.1. The van der Waals surface area contributed by atoms with Crippen LogP contribution in [0.2, 0.25) is 5.02 Å². The molecule has 4 nitrogen and oxygen atoms in total. The zero-order chi connectivity index (χ0) is 21.5. The Bertz CT molecular complexity index is 883. The van der Waals surface area contributed by atoms with Gasteiger partial charge in [0.1, 0.15) is 0 Å². The van der Waals surface area contributed by atoms with Gasteiger partial charge in [-0.3, -0.25) is 9.59 Å². The predicted molar refractivity (Wildman–Crippen MR) is 124 cm³/mol. The maximum atomic E-state index is 12.9. The second-order valence-electron chi connectivity index (χ2n) is 7.80. The van der Waals surface area contributed by atoms with E-state index in [1.54, 1.807) is 6.07 Å². The highest BCUT2D eigenvalue weighted by Crippen LogP contribution is 2.27. The normalized spacial score (nSPS) is 15.4. The molecule has 0 bridgehead atoms. The fraction of sp³-hybridized carbons (Fsp3) is 0.417. The van der Waals surface area contributed by atoms with Crippen LogP contribution in [0.3, 0.4) is 0 Å². The molecule has 1 aliphatic rings. The van der Waals surface area contributed by atoms with Crippen molar-refractivity contribution in [1.29, 1.82) is 0 Å². The number of rotatable bonds is 7. The molecule has 1 unspecified atom stereocenters. The monoisotopic (exact) mass is 444 g/mol. The summed E-state index contributed by atoms with van der Waals surface area (Å²) >= 11 is 7.68. The first-order valence-corrected chi connectivity index (χ1v) is 11.9. The summed E-state index contributed by atoms with van der Waals surface area (Å²) < 4.78 is 0. The Morgan fingerprint density at radius 1 is 1.10 bits per heavy atom. The van der Waals surface area contributed by atoms with Crippen molar-refractivity contribution < 1.29 is 9.59 Å². The Morgan fingerprint density at radius 3 is 2.50 bits per heavy atom. The molecule has 0 saturated heterocycles. The van der Waals surface area contributed by atoms with Gasteiger partial charge in [0.25, 0.3) is 5.91 Å². The third-order valence-corrected chi connectivity index (χ3v) is 7.12. The summed E-state index contributed by atoms with van der Waals surface area (Å²) in [5.74, 6) is 0.280. The Hall–Kier alpha value is -1.98. The van der Waals surface area contributed by atoms with Gasteiger partial charge in [0.15, 0.2) is 0 Å². The van der Waals surface area contributed by atoms with Crippen molar-refractivity contribution in [2.75, 3.05) is 12.8 Å². The van der Waals surface area contributed by atoms with Gasteiger partial charge in [-0.05, 0) is 43.5 Å². The molecule has 0 aromatic heterocycles. The highest BCUT2D eigenvalue weighted by atomic mass is 35.5. The van der Waals surface area contributed by atoms with Crippen LogP contribution in [-0.4, -0.2) is 35.6 Å². The molecule has 2 aromatic rings. The first-order valence-electron chi connectivity index (χ1n) is 10.5. The highest BCUT2D eigenvalue weighted by Gasteiger charge is 2.23. The Labute approximate surface area is 188 Å². The standard InChI is InChI=1S/C24H29ClN2O2S/c1-17(19-12-6-8-14-21(19)25)26-24(29)20-13-7-9-15-22(20)30-16-23(28)27(2)18-10-4-3-5-11-18/h6-9,12-15,17-18H,3-5,10-11,16H2,1-2H3,(H,26,29). The quantitative estimate of drug-likeness (QED) is 0.556. The molecule has 0 radical (unpaired) electrons. The molecule has 1 fully saturated rings. The molecule has 0 heterocycles. The Morgan fingerprint density at radius 2 is 1.77 bits per heavy atom. The number of amides is 2. The van der Waals surface area contributed by atoms with Gasteiger partial charge in [-0.15, -0.1) is 11.8 Å². The van der Waals surface area contributed by atoms with E-state index in [2.05, 4.69) is 5.32 Å².